The maximum Gasteiger partial charge on any atom is 0.187 e. The first kappa shape index (κ1) is 59.7. The molecule has 22 nitrogen and oxygen atoms in total. The SMILES string of the molecule is CC(C)=CCC[C@@](O)(CO[C@H]1O[C@H](CO)[C@@H](O)[C@H](O)[C@H]1O)[C@H]1CC[C@]2(C)[C@@H]1CC[C@H]1[C@@]3(C=O)CC[C@H](O[C@@H]4OC[C@H](O)[C@H](O[C@@H]5O[C@H](CO)[C@@H](O)[C@H](O)[C@H]5O)[C@H]4O[C@@H]4O[C@@H](C)[C@H](O)[C@@H](O)[C@H]4O)C(C)(C)[C@H]3CC[C@]12C. The predicted molar refractivity (Wildman–Crippen MR) is 259 cm³/mol. The van der Waals surface area contributed by atoms with Gasteiger partial charge < -0.3 is 109 Å². The van der Waals surface area contributed by atoms with Crippen LogP contribution in [0.2, 0.25) is 0 Å². The maximum atomic E-state index is 14.2. The Bertz CT molecular complexity index is 1960. The van der Waals surface area contributed by atoms with Gasteiger partial charge in [0.1, 0.15) is 91.7 Å². The highest BCUT2D eigenvalue weighted by Crippen LogP contribution is 2.76. The highest BCUT2D eigenvalue weighted by molar-refractivity contribution is 5.62. The second-order valence-electron chi connectivity index (χ2n) is 24.8. The van der Waals surface area contributed by atoms with Crippen LogP contribution in [0.5, 0.6) is 0 Å². The molecule has 4 saturated carbocycles. The van der Waals surface area contributed by atoms with Crippen molar-refractivity contribution in [2.24, 2.45) is 45.3 Å². The average Bonchev–Trinajstić information content (AvgIpc) is 3.75. The van der Waals surface area contributed by atoms with Gasteiger partial charge in [-0.1, -0.05) is 39.3 Å². The van der Waals surface area contributed by atoms with Gasteiger partial charge in [-0.25, -0.2) is 0 Å². The van der Waals surface area contributed by atoms with Crippen molar-refractivity contribution in [1.82, 2.24) is 0 Å². The van der Waals surface area contributed by atoms with Gasteiger partial charge in [0.05, 0.1) is 44.2 Å². The standard InChI is InChI=1S/C53H88O22/c1-24(2)9-8-15-53(67,23-69-45-40(64)38(62)35(59)29(19-54)71-45)27-12-16-50(6)26(27)10-11-32-51(50,7)17-13-31-49(4,5)33(14-18-52(31,32)22-56)73-48-44(75-46-41(65)37(61)34(58)25(3)70-46)43(28(57)21-68-48)74-47-42(66)39(63)36(60)30(20-55)72-47/h9,22,25-48,54-55,57-67H,8,10-21,23H2,1-7H3/t25-,26+,27-,28-,29+,30+,31+,32+,33-,34-,35+,36+,37+,38-,39-,40+,41+,42+,43-,44+,45-,46-,47-,48-,50+,51+,52+,53+/m0/s1. The molecule has 8 rings (SSSR count). The highest BCUT2D eigenvalue weighted by atomic mass is 16.8. The van der Waals surface area contributed by atoms with Gasteiger partial charge in [-0.05, 0) is 125 Å². The smallest absolute Gasteiger partial charge is 0.187 e. The average molecular weight is 1080 g/mol. The number of ether oxygens (including phenoxy) is 8. The molecule has 75 heavy (non-hydrogen) atoms. The van der Waals surface area contributed by atoms with Crippen molar-refractivity contribution in [1.29, 1.82) is 0 Å². The van der Waals surface area contributed by atoms with Gasteiger partial charge in [0.25, 0.3) is 0 Å². The van der Waals surface area contributed by atoms with E-state index >= 15 is 0 Å². The second-order valence-corrected chi connectivity index (χ2v) is 24.8. The van der Waals surface area contributed by atoms with Crippen molar-refractivity contribution in [3.05, 3.63) is 11.6 Å². The van der Waals surface area contributed by atoms with E-state index in [1.807, 2.05) is 13.8 Å². The van der Waals surface area contributed by atoms with Crippen molar-refractivity contribution in [3.63, 3.8) is 0 Å². The summed E-state index contributed by atoms with van der Waals surface area (Å²) in [6, 6.07) is 0. The van der Waals surface area contributed by atoms with Gasteiger partial charge >= 0.3 is 0 Å². The first-order valence-electron chi connectivity index (χ1n) is 27.3. The summed E-state index contributed by atoms with van der Waals surface area (Å²) in [5.41, 5.74) is -2.48. The highest BCUT2D eigenvalue weighted by Gasteiger charge is 2.71. The molecule has 4 saturated heterocycles. The van der Waals surface area contributed by atoms with Crippen molar-refractivity contribution >= 4 is 6.29 Å². The van der Waals surface area contributed by atoms with Crippen LogP contribution in [0.1, 0.15) is 113 Å². The van der Waals surface area contributed by atoms with Crippen LogP contribution in [-0.4, -0.2) is 228 Å². The molecule has 28 atom stereocenters. The summed E-state index contributed by atoms with van der Waals surface area (Å²) in [4.78, 5) is 14.2. The normalized spacial score (nSPS) is 51.7. The van der Waals surface area contributed by atoms with Crippen LogP contribution in [0.4, 0.5) is 0 Å². The fraction of sp³-hybridized carbons (Fsp3) is 0.943. The van der Waals surface area contributed by atoms with Gasteiger partial charge in [0.15, 0.2) is 25.2 Å². The summed E-state index contributed by atoms with van der Waals surface area (Å²) in [6.45, 7) is 12.2. The van der Waals surface area contributed by atoms with Gasteiger partial charge in [0, 0.05) is 5.41 Å². The van der Waals surface area contributed by atoms with E-state index in [2.05, 4.69) is 33.8 Å². The van der Waals surface area contributed by atoms with Crippen molar-refractivity contribution < 1.29 is 109 Å². The zero-order valence-electron chi connectivity index (χ0n) is 44.4. The lowest BCUT2D eigenvalue weighted by Gasteiger charge is -2.69. The number of allylic oxidation sites excluding steroid dienone is 2. The lowest BCUT2D eigenvalue weighted by molar-refractivity contribution is -0.388. The van der Waals surface area contributed by atoms with Crippen molar-refractivity contribution in [2.75, 3.05) is 26.4 Å². The summed E-state index contributed by atoms with van der Waals surface area (Å²) in [5, 5.41) is 140. The molecule has 13 N–H and O–H groups in total. The molecule has 4 heterocycles. The van der Waals surface area contributed by atoms with Crippen LogP contribution >= 0.6 is 0 Å². The Morgan fingerprint density at radius 1 is 0.627 bits per heavy atom. The number of aliphatic hydroxyl groups is 13. The number of carbonyl (C=O) groups excluding carboxylic acids is 1. The molecular weight excluding hydrogens is 989 g/mol. The summed E-state index contributed by atoms with van der Waals surface area (Å²) in [6.07, 6.45) is -20.7. The molecule has 8 fully saturated rings. The van der Waals surface area contributed by atoms with E-state index in [0.717, 1.165) is 24.8 Å². The van der Waals surface area contributed by atoms with E-state index in [1.165, 1.54) is 13.2 Å². The Kier molecular flexibility index (Phi) is 18.2. The fourth-order valence-corrected chi connectivity index (χ4v) is 15.7. The van der Waals surface area contributed by atoms with E-state index < -0.39 is 159 Å². The first-order chi connectivity index (χ1) is 35.2. The molecule has 0 spiro atoms. The van der Waals surface area contributed by atoms with E-state index in [0.29, 0.717) is 44.9 Å². The molecule has 0 bridgehead atoms. The number of fused-ring (bicyclic) bond motifs is 5. The minimum Gasteiger partial charge on any atom is -0.394 e. The topological polar surface area (TPSA) is 354 Å². The molecule has 432 valence electrons. The quantitative estimate of drug-likeness (QED) is 0.0483. The molecule has 22 heteroatoms. The molecule has 0 unspecified atom stereocenters. The minimum atomic E-state index is -1.86. The van der Waals surface area contributed by atoms with E-state index in [4.69, 9.17) is 37.9 Å². The largest absolute Gasteiger partial charge is 0.394 e. The summed E-state index contributed by atoms with van der Waals surface area (Å²) in [7, 11) is 0. The molecule has 0 aromatic carbocycles. The van der Waals surface area contributed by atoms with E-state index in [-0.39, 0.29) is 41.1 Å². The summed E-state index contributed by atoms with van der Waals surface area (Å²) in [5.74, 6) is -0.460. The Morgan fingerprint density at radius 3 is 1.81 bits per heavy atom. The third-order valence-electron chi connectivity index (χ3n) is 20.3. The van der Waals surface area contributed by atoms with Crippen LogP contribution in [0, 0.1) is 45.3 Å². The molecule has 0 radical (unpaired) electrons. The second kappa shape index (κ2) is 22.8. The Balaban J connectivity index is 1.03. The lowest BCUT2D eigenvalue weighted by Crippen LogP contribution is -2.67. The fourth-order valence-electron chi connectivity index (χ4n) is 15.7. The van der Waals surface area contributed by atoms with Crippen molar-refractivity contribution in [3.8, 4) is 0 Å². The molecule has 8 aliphatic rings. The number of aliphatic hydroxyl groups excluding tert-OH is 12. The first-order valence-corrected chi connectivity index (χ1v) is 27.3. The molecule has 0 aromatic heterocycles. The molecule has 4 aliphatic carbocycles. The van der Waals surface area contributed by atoms with Crippen LogP contribution in [0.25, 0.3) is 0 Å². The van der Waals surface area contributed by atoms with Gasteiger partial charge in [-0.2, -0.15) is 0 Å². The molecular formula is C53H88O22. The molecule has 0 aromatic rings. The minimum absolute atomic E-state index is 0.0229. The van der Waals surface area contributed by atoms with E-state index in [1.54, 1.807) is 0 Å². The third kappa shape index (κ3) is 10.5. The van der Waals surface area contributed by atoms with Crippen LogP contribution in [-0.2, 0) is 42.7 Å². The van der Waals surface area contributed by atoms with Gasteiger partial charge in [0.2, 0.25) is 0 Å². The predicted octanol–water partition coefficient (Wildman–Crippen LogP) is -1.36. The maximum absolute atomic E-state index is 14.2. The Hall–Kier alpha value is -1.43. The van der Waals surface area contributed by atoms with Gasteiger partial charge in [-0.3, -0.25) is 0 Å². The number of hydrogen-bond acceptors (Lipinski definition) is 22. The molecule has 4 aliphatic heterocycles. The summed E-state index contributed by atoms with van der Waals surface area (Å²) >= 11 is 0. The lowest BCUT2D eigenvalue weighted by atomic mass is 9.35. The van der Waals surface area contributed by atoms with Gasteiger partial charge in [-0.15, -0.1) is 0 Å². The third-order valence-corrected chi connectivity index (χ3v) is 20.3. The number of carbonyl (C=O) groups is 1. The van der Waals surface area contributed by atoms with Crippen molar-refractivity contribution in [2.45, 2.75) is 241 Å². The number of rotatable bonds is 16. The number of aldehydes is 1. The van der Waals surface area contributed by atoms with Crippen LogP contribution in [0.3, 0.4) is 0 Å². The Labute approximate surface area is 438 Å². The van der Waals surface area contributed by atoms with E-state index in [9.17, 15) is 71.2 Å². The number of hydrogen-bond donors (Lipinski definition) is 13. The zero-order chi connectivity index (χ0) is 54.9. The Morgan fingerprint density at radius 2 is 1.20 bits per heavy atom. The zero-order valence-corrected chi connectivity index (χ0v) is 44.4. The molecule has 0 amide bonds. The monoisotopic (exact) mass is 1080 g/mol. The van der Waals surface area contributed by atoms with Crippen LogP contribution in [0.15, 0.2) is 11.6 Å². The summed E-state index contributed by atoms with van der Waals surface area (Å²) < 4.78 is 48.9. The van der Waals surface area contributed by atoms with Crippen LogP contribution < -0.4 is 0 Å².